The third-order valence-corrected chi connectivity index (χ3v) is 3.19. The van der Waals surface area contributed by atoms with Gasteiger partial charge in [0.2, 0.25) is 0 Å². The zero-order valence-electron chi connectivity index (χ0n) is 10.1. The van der Waals surface area contributed by atoms with Crippen molar-refractivity contribution in [1.29, 1.82) is 0 Å². The van der Waals surface area contributed by atoms with E-state index in [0.717, 1.165) is 18.9 Å². The Bertz CT molecular complexity index is 165. The summed E-state index contributed by atoms with van der Waals surface area (Å²) in [7, 11) is 1.69. The molecule has 3 nitrogen and oxygen atoms in total. The Kier molecular flexibility index (Phi) is 5.58. The lowest BCUT2D eigenvalue weighted by atomic mass is 9.91. The molecule has 0 amide bonds. The van der Waals surface area contributed by atoms with Crippen LogP contribution in [0.3, 0.4) is 0 Å². The van der Waals surface area contributed by atoms with Gasteiger partial charge in [0.15, 0.2) is 0 Å². The topological polar surface area (TPSA) is 41.5 Å². The van der Waals surface area contributed by atoms with Crippen molar-refractivity contribution in [2.75, 3.05) is 26.8 Å². The molecule has 1 rings (SSSR count). The fourth-order valence-electron chi connectivity index (χ4n) is 2.44. The molecule has 0 spiro atoms. The second-order valence-corrected chi connectivity index (χ2v) is 5.02. The standard InChI is InChI=1S/C12H25NO2/c1-12(14,10-13-7-8-15-2)9-11-5-3-4-6-11/h11,13-14H,3-10H2,1-2H3. The van der Waals surface area contributed by atoms with Crippen molar-refractivity contribution in [1.82, 2.24) is 5.32 Å². The Morgan fingerprint density at radius 3 is 2.67 bits per heavy atom. The highest BCUT2D eigenvalue weighted by molar-refractivity contribution is 4.81. The summed E-state index contributed by atoms with van der Waals surface area (Å²) in [6, 6.07) is 0. The maximum absolute atomic E-state index is 10.2. The van der Waals surface area contributed by atoms with Gasteiger partial charge < -0.3 is 15.2 Å². The summed E-state index contributed by atoms with van der Waals surface area (Å²) >= 11 is 0. The van der Waals surface area contributed by atoms with Crippen LogP contribution in [-0.2, 0) is 4.74 Å². The lowest BCUT2D eigenvalue weighted by Gasteiger charge is -2.26. The molecule has 15 heavy (non-hydrogen) atoms. The molecule has 1 aliphatic carbocycles. The molecule has 1 aliphatic rings. The predicted octanol–water partition coefficient (Wildman–Crippen LogP) is 1.55. The highest BCUT2D eigenvalue weighted by Crippen LogP contribution is 2.31. The predicted molar refractivity (Wildman–Crippen MR) is 61.9 cm³/mol. The van der Waals surface area contributed by atoms with Crippen molar-refractivity contribution < 1.29 is 9.84 Å². The number of methoxy groups -OCH3 is 1. The molecule has 0 saturated heterocycles. The maximum atomic E-state index is 10.2. The van der Waals surface area contributed by atoms with E-state index in [9.17, 15) is 5.11 Å². The minimum atomic E-state index is -0.553. The second-order valence-electron chi connectivity index (χ2n) is 5.02. The third kappa shape index (κ3) is 5.50. The maximum Gasteiger partial charge on any atom is 0.0746 e. The van der Waals surface area contributed by atoms with Crippen LogP contribution in [0.5, 0.6) is 0 Å². The van der Waals surface area contributed by atoms with Crippen molar-refractivity contribution >= 4 is 0 Å². The lowest BCUT2D eigenvalue weighted by molar-refractivity contribution is 0.0333. The Morgan fingerprint density at radius 2 is 2.07 bits per heavy atom. The Labute approximate surface area is 93.2 Å². The van der Waals surface area contributed by atoms with Crippen molar-refractivity contribution in [2.45, 2.75) is 44.6 Å². The van der Waals surface area contributed by atoms with Crippen LogP contribution in [0.2, 0.25) is 0 Å². The summed E-state index contributed by atoms with van der Waals surface area (Å²) in [5.74, 6) is 0.740. The first-order chi connectivity index (χ1) is 7.14. The highest BCUT2D eigenvalue weighted by atomic mass is 16.5. The van der Waals surface area contributed by atoms with Crippen molar-refractivity contribution in [3.8, 4) is 0 Å². The quantitative estimate of drug-likeness (QED) is 0.633. The fraction of sp³-hybridized carbons (Fsp3) is 1.00. The smallest absolute Gasteiger partial charge is 0.0746 e. The highest BCUT2D eigenvalue weighted by Gasteiger charge is 2.26. The molecular formula is C12H25NO2. The van der Waals surface area contributed by atoms with Crippen molar-refractivity contribution in [3.63, 3.8) is 0 Å². The average Bonchev–Trinajstić information content (AvgIpc) is 2.64. The summed E-state index contributed by atoms with van der Waals surface area (Å²) in [6.07, 6.45) is 6.23. The van der Waals surface area contributed by atoms with E-state index in [1.165, 1.54) is 25.7 Å². The molecule has 3 heteroatoms. The van der Waals surface area contributed by atoms with Crippen LogP contribution >= 0.6 is 0 Å². The van der Waals surface area contributed by atoms with Gasteiger partial charge in [-0.3, -0.25) is 0 Å². The summed E-state index contributed by atoms with van der Waals surface area (Å²) in [4.78, 5) is 0. The Balaban J connectivity index is 2.12. The fourth-order valence-corrected chi connectivity index (χ4v) is 2.44. The first-order valence-electron chi connectivity index (χ1n) is 6.06. The van der Waals surface area contributed by atoms with Gasteiger partial charge in [-0.15, -0.1) is 0 Å². The molecule has 90 valence electrons. The van der Waals surface area contributed by atoms with E-state index in [1.54, 1.807) is 7.11 Å². The largest absolute Gasteiger partial charge is 0.389 e. The van der Waals surface area contributed by atoms with Gasteiger partial charge in [-0.25, -0.2) is 0 Å². The molecule has 0 heterocycles. The molecule has 0 aromatic rings. The molecule has 1 atom stereocenters. The van der Waals surface area contributed by atoms with Gasteiger partial charge in [0, 0.05) is 20.2 Å². The molecule has 0 aromatic carbocycles. The molecule has 1 saturated carbocycles. The van der Waals surface area contributed by atoms with Gasteiger partial charge in [-0.2, -0.15) is 0 Å². The average molecular weight is 215 g/mol. The molecule has 0 bridgehead atoms. The van der Waals surface area contributed by atoms with E-state index in [1.807, 2.05) is 6.92 Å². The van der Waals surface area contributed by atoms with E-state index < -0.39 is 5.60 Å². The Morgan fingerprint density at radius 1 is 1.40 bits per heavy atom. The number of rotatable bonds is 7. The minimum absolute atomic E-state index is 0.553. The summed E-state index contributed by atoms with van der Waals surface area (Å²) in [5.41, 5.74) is -0.553. The van der Waals surface area contributed by atoms with Crippen molar-refractivity contribution in [2.24, 2.45) is 5.92 Å². The molecule has 1 fully saturated rings. The van der Waals surface area contributed by atoms with Crippen LogP contribution in [0.15, 0.2) is 0 Å². The van der Waals surface area contributed by atoms with E-state index in [0.29, 0.717) is 13.2 Å². The van der Waals surface area contributed by atoms with Gasteiger partial charge >= 0.3 is 0 Å². The lowest BCUT2D eigenvalue weighted by Crippen LogP contribution is -2.40. The first kappa shape index (κ1) is 12.9. The summed E-state index contributed by atoms with van der Waals surface area (Å²) in [6.45, 7) is 4.13. The van der Waals surface area contributed by atoms with Crippen LogP contribution in [0.4, 0.5) is 0 Å². The number of hydrogen-bond acceptors (Lipinski definition) is 3. The minimum Gasteiger partial charge on any atom is -0.389 e. The summed E-state index contributed by atoms with van der Waals surface area (Å²) < 4.78 is 4.95. The summed E-state index contributed by atoms with van der Waals surface area (Å²) in [5, 5.41) is 13.4. The van der Waals surface area contributed by atoms with Gasteiger partial charge in [0.25, 0.3) is 0 Å². The molecular weight excluding hydrogens is 190 g/mol. The van der Waals surface area contributed by atoms with Gasteiger partial charge in [-0.1, -0.05) is 25.7 Å². The van der Waals surface area contributed by atoms with Crippen molar-refractivity contribution in [3.05, 3.63) is 0 Å². The zero-order valence-corrected chi connectivity index (χ0v) is 10.1. The SMILES string of the molecule is COCCNCC(C)(O)CC1CCCC1. The van der Waals surface area contributed by atoms with E-state index in [2.05, 4.69) is 5.32 Å². The van der Waals surface area contributed by atoms with Gasteiger partial charge in [-0.05, 0) is 19.3 Å². The van der Waals surface area contributed by atoms with Crippen LogP contribution in [0.1, 0.15) is 39.0 Å². The van der Waals surface area contributed by atoms with E-state index in [-0.39, 0.29) is 0 Å². The molecule has 1 unspecified atom stereocenters. The van der Waals surface area contributed by atoms with Gasteiger partial charge in [0.1, 0.15) is 0 Å². The zero-order chi connectivity index (χ0) is 11.1. The first-order valence-corrected chi connectivity index (χ1v) is 6.06. The number of hydrogen-bond donors (Lipinski definition) is 2. The van der Waals surface area contributed by atoms with Crippen LogP contribution in [0.25, 0.3) is 0 Å². The van der Waals surface area contributed by atoms with Crippen LogP contribution < -0.4 is 5.32 Å². The number of ether oxygens (including phenoxy) is 1. The third-order valence-electron chi connectivity index (χ3n) is 3.19. The van der Waals surface area contributed by atoms with E-state index in [4.69, 9.17) is 4.74 Å². The van der Waals surface area contributed by atoms with Crippen LogP contribution in [0, 0.1) is 5.92 Å². The normalized spacial score (nSPS) is 21.8. The number of nitrogens with one attached hydrogen (secondary N) is 1. The monoisotopic (exact) mass is 215 g/mol. The second kappa shape index (κ2) is 6.46. The molecule has 0 aromatic heterocycles. The molecule has 0 radical (unpaired) electrons. The van der Waals surface area contributed by atoms with E-state index >= 15 is 0 Å². The van der Waals surface area contributed by atoms with Crippen LogP contribution in [-0.4, -0.2) is 37.5 Å². The Hall–Kier alpha value is -0.120. The van der Waals surface area contributed by atoms with Gasteiger partial charge in [0.05, 0.1) is 12.2 Å². The molecule has 0 aliphatic heterocycles. The molecule has 2 N–H and O–H groups in total. The number of aliphatic hydroxyl groups is 1.